The fraction of sp³-hybridized carbons (Fsp3) is 0.350. The summed E-state index contributed by atoms with van der Waals surface area (Å²) in [4.78, 5) is 12.8. The zero-order valence-corrected chi connectivity index (χ0v) is 14.9. The van der Waals surface area contributed by atoms with Crippen molar-refractivity contribution in [2.24, 2.45) is 5.92 Å². The normalized spacial score (nSPS) is 12.3. The van der Waals surface area contributed by atoms with Gasteiger partial charge >= 0.3 is 0 Å². The molecule has 1 atom stereocenters. The van der Waals surface area contributed by atoms with Crippen molar-refractivity contribution in [3.05, 3.63) is 54.5 Å². The minimum Gasteiger partial charge on any atom is -0.494 e. The SMILES string of the molecule is CC(C)CCOc1ccc(C(C)Nc2ncnc3ncccc23)cc1. The number of hydrogen-bond donors (Lipinski definition) is 1. The summed E-state index contributed by atoms with van der Waals surface area (Å²) >= 11 is 0. The third kappa shape index (κ3) is 4.44. The minimum absolute atomic E-state index is 0.114. The second-order valence-electron chi connectivity index (χ2n) is 6.56. The van der Waals surface area contributed by atoms with Crippen LogP contribution in [0.4, 0.5) is 5.82 Å². The molecule has 5 nitrogen and oxygen atoms in total. The van der Waals surface area contributed by atoms with Crippen molar-refractivity contribution < 1.29 is 4.74 Å². The number of nitrogens with zero attached hydrogens (tertiary/aromatic N) is 3. The van der Waals surface area contributed by atoms with Gasteiger partial charge in [-0.15, -0.1) is 0 Å². The van der Waals surface area contributed by atoms with E-state index < -0.39 is 0 Å². The molecule has 3 aromatic rings. The highest BCUT2D eigenvalue weighted by Crippen LogP contribution is 2.24. The number of anilines is 1. The summed E-state index contributed by atoms with van der Waals surface area (Å²) in [5, 5.41) is 4.37. The molecule has 1 unspecified atom stereocenters. The largest absolute Gasteiger partial charge is 0.494 e. The number of ether oxygens (including phenoxy) is 1. The van der Waals surface area contributed by atoms with Crippen LogP contribution < -0.4 is 10.1 Å². The van der Waals surface area contributed by atoms with Gasteiger partial charge in [0, 0.05) is 12.2 Å². The minimum atomic E-state index is 0.114. The van der Waals surface area contributed by atoms with E-state index in [0.717, 1.165) is 30.0 Å². The van der Waals surface area contributed by atoms with Crippen molar-refractivity contribution in [2.75, 3.05) is 11.9 Å². The topological polar surface area (TPSA) is 59.9 Å². The lowest BCUT2D eigenvalue weighted by atomic mass is 10.1. The summed E-state index contributed by atoms with van der Waals surface area (Å²) in [6.07, 6.45) is 4.34. The van der Waals surface area contributed by atoms with E-state index in [2.05, 4.69) is 53.2 Å². The Morgan fingerprint density at radius 3 is 2.56 bits per heavy atom. The molecule has 2 heterocycles. The Morgan fingerprint density at radius 1 is 1.00 bits per heavy atom. The molecule has 25 heavy (non-hydrogen) atoms. The van der Waals surface area contributed by atoms with Gasteiger partial charge in [0.1, 0.15) is 17.9 Å². The van der Waals surface area contributed by atoms with Gasteiger partial charge in [0.05, 0.1) is 12.0 Å². The highest BCUT2D eigenvalue weighted by atomic mass is 16.5. The van der Waals surface area contributed by atoms with E-state index in [1.165, 1.54) is 11.9 Å². The fourth-order valence-corrected chi connectivity index (χ4v) is 2.56. The summed E-state index contributed by atoms with van der Waals surface area (Å²) in [5.74, 6) is 2.36. The maximum Gasteiger partial charge on any atom is 0.164 e. The van der Waals surface area contributed by atoms with Gasteiger partial charge in [-0.1, -0.05) is 26.0 Å². The summed E-state index contributed by atoms with van der Waals surface area (Å²) in [7, 11) is 0. The van der Waals surface area contributed by atoms with Crippen molar-refractivity contribution in [1.82, 2.24) is 15.0 Å². The fourth-order valence-electron chi connectivity index (χ4n) is 2.56. The monoisotopic (exact) mass is 336 g/mol. The quantitative estimate of drug-likeness (QED) is 0.682. The Labute approximate surface area is 148 Å². The predicted molar refractivity (Wildman–Crippen MR) is 101 cm³/mol. The Hall–Kier alpha value is -2.69. The van der Waals surface area contributed by atoms with Crippen LogP contribution in [0.15, 0.2) is 48.9 Å². The number of fused-ring (bicyclic) bond motifs is 1. The van der Waals surface area contributed by atoms with Gasteiger partial charge < -0.3 is 10.1 Å². The van der Waals surface area contributed by atoms with E-state index in [-0.39, 0.29) is 6.04 Å². The van der Waals surface area contributed by atoms with E-state index in [1.54, 1.807) is 6.20 Å². The first-order valence-electron chi connectivity index (χ1n) is 8.68. The molecule has 130 valence electrons. The molecule has 0 radical (unpaired) electrons. The van der Waals surface area contributed by atoms with Gasteiger partial charge in [0.15, 0.2) is 5.65 Å². The first-order chi connectivity index (χ1) is 12.1. The second kappa shape index (κ2) is 7.92. The lowest BCUT2D eigenvalue weighted by Gasteiger charge is -2.16. The van der Waals surface area contributed by atoms with Gasteiger partial charge in [-0.3, -0.25) is 0 Å². The average Bonchev–Trinajstić information content (AvgIpc) is 2.62. The molecule has 3 rings (SSSR count). The van der Waals surface area contributed by atoms with Crippen LogP contribution in [0.2, 0.25) is 0 Å². The molecule has 0 fully saturated rings. The summed E-state index contributed by atoms with van der Waals surface area (Å²) in [6, 6.07) is 12.2. The Morgan fingerprint density at radius 2 is 1.80 bits per heavy atom. The molecule has 2 aromatic heterocycles. The zero-order valence-electron chi connectivity index (χ0n) is 14.9. The van der Waals surface area contributed by atoms with Crippen LogP contribution in [-0.4, -0.2) is 21.6 Å². The molecule has 0 amide bonds. The van der Waals surface area contributed by atoms with E-state index >= 15 is 0 Å². The van der Waals surface area contributed by atoms with Gasteiger partial charge in [-0.05, 0) is 49.1 Å². The van der Waals surface area contributed by atoms with Crippen molar-refractivity contribution in [1.29, 1.82) is 0 Å². The van der Waals surface area contributed by atoms with Crippen molar-refractivity contribution in [3.63, 3.8) is 0 Å². The predicted octanol–water partition coefficient (Wildman–Crippen LogP) is 4.62. The van der Waals surface area contributed by atoms with E-state index in [9.17, 15) is 0 Å². The average molecular weight is 336 g/mol. The summed E-state index contributed by atoms with van der Waals surface area (Å²) in [6.45, 7) is 7.27. The first kappa shape index (κ1) is 17.1. The molecule has 0 bridgehead atoms. The molecular weight excluding hydrogens is 312 g/mol. The molecule has 0 aliphatic heterocycles. The Kier molecular flexibility index (Phi) is 5.43. The molecule has 0 aliphatic rings. The molecule has 0 spiro atoms. The van der Waals surface area contributed by atoms with Crippen LogP contribution in [-0.2, 0) is 0 Å². The Balaban J connectivity index is 1.67. The van der Waals surface area contributed by atoms with Crippen molar-refractivity contribution in [2.45, 2.75) is 33.2 Å². The van der Waals surface area contributed by atoms with E-state index in [0.29, 0.717) is 11.6 Å². The molecule has 1 aromatic carbocycles. The Bertz CT molecular complexity index is 812. The zero-order chi connectivity index (χ0) is 17.6. The number of hydrogen-bond acceptors (Lipinski definition) is 5. The number of rotatable bonds is 7. The molecule has 0 saturated carbocycles. The molecule has 1 N–H and O–H groups in total. The van der Waals surface area contributed by atoms with Crippen LogP contribution in [0, 0.1) is 5.92 Å². The lowest BCUT2D eigenvalue weighted by Crippen LogP contribution is -2.09. The molecule has 0 saturated heterocycles. The maximum absolute atomic E-state index is 5.78. The maximum atomic E-state index is 5.78. The van der Waals surface area contributed by atoms with E-state index in [1.807, 2.05) is 24.3 Å². The van der Waals surface area contributed by atoms with Crippen LogP contribution >= 0.6 is 0 Å². The highest BCUT2D eigenvalue weighted by molar-refractivity contribution is 5.85. The first-order valence-corrected chi connectivity index (χ1v) is 8.68. The lowest BCUT2D eigenvalue weighted by molar-refractivity contribution is 0.289. The third-order valence-corrected chi connectivity index (χ3v) is 4.11. The van der Waals surface area contributed by atoms with Gasteiger partial charge in [0.25, 0.3) is 0 Å². The molecule has 5 heteroatoms. The number of nitrogens with one attached hydrogen (secondary N) is 1. The highest BCUT2D eigenvalue weighted by Gasteiger charge is 2.10. The number of aromatic nitrogens is 3. The smallest absolute Gasteiger partial charge is 0.164 e. The number of benzene rings is 1. The van der Waals surface area contributed by atoms with Crippen LogP contribution in [0.5, 0.6) is 5.75 Å². The van der Waals surface area contributed by atoms with Gasteiger partial charge in [-0.25, -0.2) is 15.0 Å². The van der Waals surface area contributed by atoms with Crippen LogP contribution in [0.1, 0.15) is 38.8 Å². The van der Waals surface area contributed by atoms with Crippen molar-refractivity contribution in [3.8, 4) is 5.75 Å². The van der Waals surface area contributed by atoms with Crippen LogP contribution in [0.25, 0.3) is 11.0 Å². The van der Waals surface area contributed by atoms with Crippen molar-refractivity contribution >= 4 is 16.9 Å². The molecular formula is C20H24N4O. The van der Waals surface area contributed by atoms with Gasteiger partial charge in [0.2, 0.25) is 0 Å². The third-order valence-electron chi connectivity index (χ3n) is 4.11. The van der Waals surface area contributed by atoms with Gasteiger partial charge in [-0.2, -0.15) is 0 Å². The standard InChI is InChI=1S/C20H24N4O/c1-14(2)10-12-25-17-8-6-16(7-9-17)15(3)24-20-18-5-4-11-21-19(18)22-13-23-20/h4-9,11,13-15H,10,12H2,1-3H3,(H,21,22,23,24). The second-order valence-corrected chi connectivity index (χ2v) is 6.56. The molecule has 0 aliphatic carbocycles. The summed E-state index contributed by atoms with van der Waals surface area (Å²) in [5.41, 5.74) is 1.87. The van der Waals surface area contributed by atoms with Crippen LogP contribution in [0.3, 0.4) is 0 Å². The summed E-state index contributed by atoms with van der Waals surface area (Å²) < 4.78 is 5.78. The van der Waals surface area contributed by atoms with E-state index in [4.69, 9.17) is 4.74 Å². The number of pyridine rings is 1.